The monoisotopic (exact) mass is 273 g/mol. The van der Waals surface area contributed by atoms with E-state index >= 15 is 0 Å². The predicted octanol–water partition coefficient (Wildman–Crippen LogP) is 3.88. The van der Waals surface area contributed by atoms with Crippen molar-refractivity contribution in [1.29, 1.82) is 0 Å². The van der Waals surface area contributed by atoms with Gasteiger partial charge in [-0.1, -0.05) is 26.2 Å². The van der Waals surface area contributed by atoms with Crippen LogP contribution in [-0.4, -0.2) is 16.7 Å². The van der Waals surface area contributed by atoms with Gasteiger partial charge in [-0.05, 0) is 30.4 Å². The maximum absolute atomic E-state index is 12.3. The van der Waals surface area contributed by atoms with Crippen LogP contribution in [0.4, 0.5) is 19.0 Å². The largest absolute Gasteiger partial charge is 0.435 e. The lowest BCUT2D eigenvalue weighted by Gasteiger charge is -2.33. The first-order chi connectivity index (χ1) is 8.89. The molecule has 1 heterocycles. The fourth-order valence-corrected chi connectivity index (χ4v) is 2.46. The van der Waals surface area contributed by atoms with Crippen LogP contribution in [0.3, 0.4) is 0 Å². The van der Waals surface area contributed by atoms with E-state index in [9.17, 15) is 13.2 Å². The summed E-state index contributed by atoms with van der Waals surface area (Å²) in [5.74, 6) is 0.403. The molecule has 0 radical (unpaired) electrons. The molecule has 19 heavy (non-hydrogen) atoms. The highest BCUT2D eigenvalue weighted by Gasteiger charge is 2.33. The third-order valence-corrected chi connectivity index (χ3v) is 3.71. The van der Waals surface area contributed by atoms with Crippen molar-refractivity contribution in [2.24, 2.45) is 5.41 Å². The first kappa shape index (κ1) is 14.1. The van der Waals surface area contributed by atoms with Gasteiger partial charge < -0.3 is 5.32 Å². The average Bonchev–Trinajstić information content (AvgIpc) is 2.37. The SMILES string of the molecule is CC1(CNc2ccc(C(F)(F)F)nn2)CCCCC1. The van der Waals surface area contributed by atoms with E-state index in [2.05, 4.69) is 22.4 Å². The third-order valence-electron chi connectivity index (χ3n) is 3.71. The van der Waals surface area contributed by atoms with Gasteiger partial charge in [-0.25, -0.2) is 0 Å². The van der Waals surface area contributed by atoms with E-state index in [1.807, 2.05) is 0 Å². The number of anilines is 1. The maximum atomic E-state index is 12.3. The molecule has 1 aromatic rings. The molecule has 0 unspecified atom stereocenters. The summed E-state index contributed by atoms with van der Waals surface area (Å²) in [6.07, 6.45) is 1.58. The molecular formula is C13H18F3N3. The van der Waals surface area contributed by atoms with Gasteiger partial charge in [0.25, 0.3) is 0 Å². The van der Waals surface area contributed by atoms with Gasteiger partial charge in [0.2, 0.25) is 0 Å². The van der Waals surface area contributed by atoms with E-state index in [1.165, 1.54) is 25.3 Å². The summed E-state index contributed by atoms with van der Waals surface area (Å²) in [7, 11) is 0. The van der Waals surface area contributed by atoms with Crippen molar-refractivity contribution < 1.29 is 13.2 Å². The highest BCUT2D eigenvalue weighted by atomic mass is 19.4. The minimum atomic E-state index is -4.43. The van der Waals surface area contributed by atoms with Crippen molar-refractivity contribution in [2.45, 2.75) is 45.2 Å². The summed E-state index contributed by atoms with van der Waals surface area (Å²) >= 11 is 0. The predicted molar refractivity (Wildman–Crippen MR) is 66.7 cm³/mol. The van der Waals surface area contributed by atoms with Crippen molar-refractivity contribution in [3.8, 4) is 0 Å². The molecule has 6 heteroatoms. The smallest absolute Gasteiger partial charge is 0.368 e. The summed E-state index contributed by atoms with van der Waals surface area (Å²) in [5.41, 5.74) is -0.746. The highest BCUT2D eigenvalue weighted by Crippen LogP contribution is 2.35. The highest BCUT2D eigenvalue weighted by molar-refractivity contribution is 5.33. The Morgan fingerprint density at radius 2 is 1.84 bits per heavy atom. The molecule has 2 rings (SSSR count). The first-order valence-corrected chi connectivity index (χ1v) is 6.54. The molecule has 0 aliphatic heterocycles. The molecule has 1 aliphatic rings. The van der Waals surface area contributed by atoms with E-state index in [0.717, 1.165) is 25.5 Å². The summed E-state index contributed by atoms with van der Waals surface area (Å²) in [4.78, 5) is 0. The minimum absolute atomic E-state index is 0.211. The number of rotatable bonds is 3. The fraction of sp³-hybridized carbons (Fsp3) is 0.692. The first-order valence-electron chi connectivity index (χ1n) is 6.54. The van der Waals surface area contributed by atoms with Crippen LogP contribution in [0.2, 0.25) is 0 Å². The van der Waals surface area contributed by atoms with Crippen LogP contribution >= 0.6 is 0 Å². The quantitative estimate of drug-likeness (QED) is 0.908. The van der Waals surface area contributed by atoms with E-state index in [1.54, 1.807) is 0 Å². The number of hydrogen-bond acceptors (Lipinski definition) is 3. The van der Waals surface area contributed by atoms with Crippen LogP contribution in [0.5, 0.6) is 0 Å². The summed E-state index contributed by atoms with van der Waals surface area (Å²) in [6.45, 7) is 2.93. The van der Waals surface area contributed by atoms with Crippen molar-refractivity contribution >= 4 is 5.82 Å². The van der Waals surface area contributed by atoms with Crippen molar-refractivity contribution in [1.82, 2.24) is 10.2 Å². The van der Waals surface area contributed by atoms with Gasteiger partial charge in [-0.3, -0.25) is 0 Å². The summed E-state index contributed by atoms with van der Waals surface area (Å²) < 4.78 is 37.0. The van der Waals surface area contributed by atoms with Crippen LogP contribution < -0.4 is 5.32 Å². The van der Waals surface area contributed by atoms with E-state index in [4.69, 9.17) is 0 Å². The van der Waals surface area contributed by atoms with Gasteiger partial charge in [0.15, 0.2) is 5.69 Å². The molecule has 1 aliphatic carbocycles. The van der Waals surface area contributed by atoms with E-state index < -0.39 is 11.9 Å². The number of hydrogen-bond donors (Lipinski definition) is 1. The van der Waals surface area contributed by atoms with Gasteiger partial charge in [0, 0.05) is 6.54 Å². The molecule has 0 bridgehead atoms. The van der Waals surface area contributed by atoms with Crippen molar-refractivity contribution in [3.63, 3.8) is 0 Å². The Kier molecular flexibility index (Phi) is 3.96. The Bertz CT molecular complexity index is 408. The van der Waals surface area contributed by atoms with Crippen LogP contribution in [0.25, 0.3) is 0 Å². The second-order valence-corrected chi connectivity index (χ2v) is 5.53. The molecule has 0 saturated heterocycles. The number of alkyl halides is 3. The lowest BCUT2D eigenvalue weighted by Crippen LogP contribution is -2.29. The second kappa shape index (κ2) is 5.35. The summed E-state index contributed by atoms with van der Waals surface area (Å²) in [6, 6.07) is 2.29. The molecule has 1 N–H and O–H groups in total. The summed E-state index contributed by atoms with van der Waals surface area (Å²) in [5, 5.41) is 9.87. The van der Waals surface area contributed by atoms with Gasteiger partial charge in [0.05, 0.1) is 0 Å². The van der Waals surface area contributed by atoms with Gasteiger partial charge >= 0.3 is 6.18 Å². The van der Waals surface area contributed by atoms with Crippen LogP contribution in [-0.2, 0) is 6.18 Å². The van der Waals surface area contributed by atoms with Crippen molar-refractivity contribution in [3.05, 3.63) is 17.8 Å². The third kappa shape index (κ3) is 3.81. The lowest BCUT2D eigenvalue weighted by atomic mass is 9.76. The van der Waals surface area contributed by atoms with Gasteiger partial charge in [0.1, 0.15) is 5.82 Å². The molecule has 1 aromatic heterocycles. The zero-order valence-electron chi connectivity index (χ0n) is 10.9. The molecule has 106 valence electrons. The number of nitrogens with zero attached hydrogens (tertiary/aromatic N) is 2. The second-order valence-electron chi connectivity index (χ2n) is 5.53. The van der Waals surface area contributed by atoms with E-state index in [-0.39, 0.29) is 5.41 Å². The standard InChI is InChI=1S/C13H18F3N3/c1-12(7-3-2-4-8-12)9-17-11-6-5-10(18-19-11)13(14,15)16/h5-6H,2-4,7-9H2,1H3,(H,17,19). The Hall–Kier alpha value is -1.33. The molecule has 0 amide bonds. The molecule has 1 saturated carbocycles. The van der Waals surface area contributed by atoms with Crippen LogP contribution in [0, 0.1) is 5.41 Å². The van der Waals surface area contributed by atoms with Crippen molar-refractivity contribution in [2.75, 3.05) is 11.9 Å². The maximum Gasteiger partial charge on any atom is 0.435 e. The topological polar surface area (TPSA) is 37.8 Å². The lowest BCUT2D eigenvalue weighted by molar-refractivity contribution is -0.141. The minimum Gasteiger partial charge on any atom is -0.368 e. The molecule has 0 aromatic carbocycles. The molecular weight excluding hydrogens is 255 g/mol. The van der Waals surface area contributed by atoms with E-state index in [0.29, 0.717) is 5.82 Å². The number of nitrogens with one attached hydrogen (secondary N) is 1. The average molecular weight is 273 g/mol. The Labute approximate surface area is 110 Å². The molecule has 0 spiro atoms. The van der Waals surface area contributed by atoms with Gasteiger partial charge in [-0.2, -0.15) is 13.2 Å². The van der Waals surface area contributed by atoms with Gasteiger partial charge in [-0.15, -0.1) is 10.2 Å². The molecule has 1 fully saturated rings. The normalized spacial score (nSPS) is 19.2. The Morgan fingerprint density at radius 1 is 1.16 bits per heavy atom. The Morgan fingerprint density at radius 3 is 2.37 bits per heavy atom. The molecule has 3 nitrogen and oxygen atoms in total. The zero-order chi connectivity index (χ0) is 13.9. The van der Waals surface area contributed by atoms with Crippen LogP contribution in [0.15, 0.2) is 12.1 Å². The number of halogens is 3. The molecule has 0 atom stereocenters. The zero-order valence-corrected chi connectivity index (χ0v) is 10.9. The Balaban J connectivity index is 1.93. The number of aromatic nitrogens is 2. The fourth-order valence-electron chi connectivity index (χ4n) is 2.46. The van der Waals surface area contributed by atoms with Crippen LogP contribution in [0.1, 0.15) is 44.7 Å².